The standard InChI is InChI=1S/C11H12N2O4S.C6H8N2S.C6H7NO3S/c1-13-7-2-3-8-6(4-7)5-9(18(15,16)17)10(12)11(8)14;7-4-1-2-5(8)6(9)3-4;7-5-1-3-6(4-2-5)11(8,9)10/h2-5,13-14H,12H2,1H3,(H,15,16,17);1-3,9H,7-8H2;1-4H,7H2,(H,8,9,10). The van der Waals surface area contributed by atoms with Crippen LogP contribution in [0.4, 0.5) is 28.4 Å². The lowest BCUT2D eigenvalue weighted by Gasteiger charge is -2.10. The van der Waals surface area contributed by atoms with Gasteiger partial charge in [0.2, 0.25) is 0 Å². The molecule has 12 nitrogen and oxygen atoms in total. The number of nitrogens with two attached hydrogens (primary N) is 4. The predicted octanol–water partition coefficient (Wildman–Crippen LogP) is 3.07. The van der Waals surface area contributed by atoms with Crippen molar-refractivity contribution in [1.82, 2.24) is 0 Å². The van der Waals surface area contributed by atoms with E-state index in [-0.39, 0.29) is 16.3 Å². The molecule has 0 aromatic heterocycles. The number of anilines is 5. The molecule has 0 heterocycles. The van der Waals surface area contributed by atoms with Crippen LogP contribution >= 0.6 is 12.6 Å². The highest BCUT2D eigenvalue weighted by Gasteiger charge is 2.19. The summed E-state index contributed by atoms with van der Waals surface area (Å²) in [6, 6.07) is 16.7. The molecule has 0 saturated heterocycles. The third-order valence-electron chi connectivity index (χ3n) is 4.91. The normalized spacial score (nSPS) is 11.1. The maximum atomic E-state index is 11.2. The molecule has 0 saturated carbocycles. The molecule has 4 aromatic carbocycles. The lowest BCUT2D eigenvalue weighted by atomic mass is 10.1. The van der Waals surface area contributed by atoms with Crippen LogP contribution in [-0.2, 0) is 20.2 Å². The number of aromatic hydroxyl groups is 1. The first kappa shape index (κ1) is 30.3. The van der Waals surface area contributed by atoms with Crippen LogP contribution in [0.5, 0.6) is 5.75 Å². The Bertz CT molecular complexity index is 1660. The van der Waals surface area contributed by atoms with E-state index in [0.29, 0.717) is 27.8 Å². The zero-order valence-electron chi connectivity index (χ0n) is 19.9. The van der Waals surface area contributed by atoms with E-state index in [1.165, 1.54) is 30.3 Å². The molecule has 204 valence electrons. The van der Waals surface area contributed by atoms with Gasteiger partial charge in [0.05, 0.1) is 10.6 Å². The predicted molar refractivity (Wildman–Crippen MR) is 153 cm³/mol. The number of nitrogens with one attached hydrogen (secondary N) is 1. The van der Waals surface area contributed by atoms with Crippen LogP contribution in [0, 0.1) is 0 Å². The van der Waals surface area contributed by atoms with Gasteiger partial charge in [-0.2, -0.15) is 16.8 Å². The highest BCUT2D eigenvalue weighted by Crippen LogP contribution is 2.37. The van der Waals surface area contributed by atoms with Crippen molar-refractivity contribution in [3.8, 4) is 5.75 Å². The van der Waals surface area contributed by atoms with Gasteiger partial charge in [0.15, 0.2) is 0 Å². The van der Waals surface area contributed by atoms with Gasteiger partial charge < -0.3 is 33.4 Å². The Balaban J connectivity index is 0.000000217. The first-order valence-corrected chi connectivity index (χ1v) is 13.7. The molecule has 0 spiro atoms. The van der Waals surface area contributed by atoms with Crippen molar-refractivity contribution < 1.29 is 31.0 Å². The van der Waals surface area contributed by atoms with Crippen molar-refractivity contribution in [2.75, 3.05) is 35.3 Å². The largest absolute Gasteiger partial charge is 0.505 e. The van der Waals surface area contributed by atoms with E-state index in [2.05, 4.69) is 17.9 Å². The lowest BCUT2D eigenvalue weighted by Crippen LogP contribution is -2.03. The summed E-state index contributed by atoms with van der Waals surface area (Å²) < 4.78 is 60.8. The second-order valence-electron chi connectivity index (χ2n) is 7.66. The zero-order chi connectivity index (χ0) is 28.8. The fraction of sp³-hybridized carbons (Fsp3) is 0.0435. The van der Waals surface area contributed by atoms with Crippen molar-refractivity contribution in [2.45, 2.75) is 14.7 Å². The minimum Gasteiger partial charge on any atom is -0.505 e. The topological polar surface area (TPSA) is 245 Å². The molecule has 0 aliphatic carbocycles. The number of thiol groups is 1. The molecule has 0 aliphatic rings. The number of phenolic OH excluding ortho intramolecular Hbond substituents is 1. The van der Waals surface area contributed by atoms with E-state index >= 15 is 0 Å². The summed E-state index contributed by atoms with van der Waals surface area (Å²) in [5.41, 5.74) is 23.9. The van der Waals surface area contributed by atoms with Gasteiger partial charge in [0.25, 0.3) is 20.2 Å². The molecule has 0 aliphatic heterocycles. The highest BCUT2D eigenvalue weighted by atomic mass is 32.2. The summed E-state index contributed by atoms with van der Waals surface area (Å²) in [6.45, 7) is 0. The van der Waals surface area contributed by atoms with Gasteiger partial charge >= 0.3 is 0 Å². The number of benzene rings is 4. The molecule has 0 bridgehead atoms. The van der Waals surface area contributed by atoms with Crippen molar-refractivity contribution in [3.63, 3.8) is 0 Å². The fourth-order valence-corrected chi connectivity index (χ4v) is 4.30. The van der Waals surface area contributed by atoms with Crippen LogP contribution in [0.1, 0.15) is 0 Å². The van der Waals surface area contributed by atoms with Gasteiger partial charge in [0, 0.05) is 40.1 Å². The van der Waals surface area contributed by atoms with Crippen LogP contribution < -0.4 is 28.3 Å². The van der Waals surface area contributed by atoms with Gasteiger partial charge in [0.1, 0.15) is 10.6 Å². The summed E-state index contributed by atoms with van der Waals surface area (Å²) in [6.07, 6.45) is 0. The monoisotopic (exact) mass is 581 g/mol. The number of hydrogen-bond acceptors (Lipinski definition) is 11. The minimum atomic E-state index is -4.47. The van der Waals surface area contributed by atoms with Gasteiger partial charge in [-0.15, -0.1) is 12.6 Å². The smallest absolute Gasteiger partial charge is 0.296 e. The van der Waals surface area contributed by atoms with E-state index in [1.54, 1.807) is 43.4 Å². The lowest BCUT2D eigenvalue weighted by molar-refractivity contribution is 0.473. The van der Waals surface area contributed by atoms with Crippen LogP contribution in [-0.4, -0.2) is 38.1 Å². The number of fused-ring (bicyclic) bond motifs is 1. The van der Waals surface area contributed by atoms with Gasteiger partial charge in [-0.25, -0.2) is 0 Å². The maximum absolute atomic E-state index is 11.2. The van der Waals surface area contributed by atoms with Gasteiger partial charge in [-0.05, 0) is 72.1 Å². The fourth-order valence-electron chi connectivity index (χ4n) is 2.95. The number of hydrogen-bond donors (Lipinski definition) is 9. The van der Waals surface area contributed by atoms with Crippen LogP contribution in [0.15, 0.2) is 81.4 Å². The molecule has 4 aromatic rings. The molecular weight excluding hydrogens is 554 g/mol. The maximum Gasteiger partial charge on any atom is 0.296 e. The SMILES string of the molecule is CNc1ccc2c(O)c(N)c(S(=O)(=O)O)cc2c1.Nc1ccc(N)c(S)c1.Nc1ccc(S(=O)(=O)O)cc1. The Kier molecular flexibility index (Phi) is 9.66. The third kappa shape index (κ3) is 8.06. The Hall–Kier alpha value is -3.89. The second kappa shape index (κ2) is 12.1. The van der Waals surface area contributed by atoms with E-state index in [1.807, 2.05) is 0 Å². The van der Waals surface area contributed by atoms with Crippen molar-refractivity contribution >= 4 is 72.1 Å². The Morgan fingerprint density at radius 1 is 0.763 bits per heavy atom. The summed E-state index contributed by atoms with van der Waals surface area (Å²) in [4.78, 5) is 0.0856. The average Bonchev–Trinajstić information content (AvgIpc) is 2.83. The molecule has 0 fully saturated rings. The summed E-state index contributed by atoms with van der Waals surface area (Å²) in [5.74, 6) is -0.359. The van der Waals surface area contributed by atoms with E-state index in [9.17, 15) is 21.9 Å². The highest BCUT2D eigenvalue weighted by molar-refractivity contribution is 7.86. The molecule has 38 heavy (non-hydrogen) atoms. The molecule has 12 N–H and O–H groups in total. The summed E-state index contributed by atoms with van der Waals surface area (Å²) in [7, 11) is -6.84. The Labute approximate surface area is 225 Å². The molecule has 0 atom stereocenters. The van der Waals surface area contributed by atoms with E-state index in [0.717, 1.165) is 10.6 Å². The zero-order valence-corrected chi connectivity index (χ0v) is 22.4. The minimum absolute atomic E-state index is 0.147. The van der Waals surface area contributed by atoms with Gasteiger partial charge in [-0.1, -0.05) is 0 Å². The Morgan fingerprint density at radius 2 is 1.34 bits per heavy atom. The summed E-state index contributed by atoms with van der Waals surface area (Å²) in [5, 5.41) is 13.6. The first-order chi connectivity index (χ1) is 17.5. The number of nitrogen functional groups attached to an aromatic ring is 4. The molecule has 0 radical (unpaired) electrons. The van der Waals surface area contributed by atoms with Crippen LogP contribution in [0.25, 0.3) is 10.8 Å². The van der Waals surface area contributed by atoms with Crippen LogP contribution in [0.3, 0.4) is 0 Å². The van der Waals surface area contributed by atoms with Crippen molar-refractivity contribution in [2.24, 2.45) is 0 Å². The quantitative estimate of drug-likeness (QED) is 0.0733. The summed E-state index contributed by atoms with van der Waals surface area (Å²) >= 11 is 4.06. The van der Waals surface area contributed by atoms with Crippen LogP contribution in [0.2, 0.25) is 0 Å². The molecule has 0 amide bonds. The average molecular weight is 582 g/mol. The molecule has 4 rings (SSSR count). The molecule has 15 heteroatoms. The van der Waals surface area contributed by atoms with E-state index < -0.39 is 25.1 Å². The van der Waals surface area contributed by atoms with Crippen molar-refractivity contribution in [3.05, 3.63) is 66.7 Å². The third-order valence-corrected chi connectivity index (χ3v) is 7.06. The first-order valence-electron chi connectivity index (χ1n) is 10.4. The number of phenols is 1. The van der Waals surface area contributed by atoms with Crippen molar-refractivity contribution in [1.29, 1.82) is 0 Å². The Morgan fingerprint density at radius 3 is 1.82 bits per heavy atom. The number of rotatable bonds is 3. The second-order valence-corrected chi connectivity index (χ2v) is 11.0. The molecule has 0 unspecified atom stereocenters. The van der Waals surface area contributed by atoms with E-state index in [4.69, 9.17) is 32.0 Å². The molecular formula is C23H27N5O7S3. The van der Waals surface area contributed by atoms with Gasteiger partial charge in [-0.3, -0.25) is 9.11 Å².